The standard InChI is InChI=1S/C24H23N5O7/c1-11-9-16(29(34)35)17(36-2)10-15(11)28-21(31)19-14(7-8-18(25)30)27-24(20(19)22(28)32)12-5-3-4-6-13(12)26-23(24)33/h3-6,9-10,14,19-20,27H,7-8H2,1-2H3,(H2,25,30)(H,26,33)/t14-,19+,20+,24-/m1/s1. The molecule has 2 saturated heterocycles. The lowest BCUT2D eigenvalue weighted by Crippen LogP contribution is -2.53. The summed E-state index contributed by atoms with van der Waals surface area (Å²) in [5, 5.41) is 17.5. The van der Waals surface area contributed by atoms with Gasteiger partial charge in [-0.2, -0.15) is 0 Å². The van der Waals surface area contributed by atoms with E-state index in [9.17, 15) is 29.3 Å². The SMILES string of the molecule is COc1cc(N2C(=O)[C@@H]3[C@@H](C2=O)[C@@]2(N[C@@H]3CCC(N)=O)C(=O)Nc3ccccc32)c(C)cc1[N+](=O)[O-]. The van der Waals surface area contributed by atoms with E-state index in [-0.39, 0.29) is 30.0 Å². The molecule has 2 fully saturated rings. The molecule has 4 amide bonds. The lowest BCUT2D eigenvalue weighted by atomic mass is 9.76. The van der Waals surface area contributed by atoms with Gasteiger partial charge < -0.3 is 15.8 Å². The normalized spacial score (nSPS) is 26.2. The maximum absolute atomic E-state index is 14.0. The summed E-state index contributed by atoms with van der Waals surface area (Å²) < 4.78 is 5.15. The van der Waals surface area contributed by atoms with Crippen molar-refractivity contribution in [3.8, 4) is 5.75 Å². The van der Waals surface area contributed by atoms with E-state index in [1.807, 2.05) is 0 Å². The molecule has 12 heteroatoms. The summed E-state index contributed by atoms with van der Waals surface area (Å²) in [6.07, 6.45) is 0.0925. The second-order valence-electron chi connectivity index (χ2n) is 9.15. The van der Waals surface area contributed by atoms with Crippen molar-refractivity contribution in [3.05, 3.63) is 57.6 Å². The van der Waals surface area contributed by atoms with Crippen molar-refractivity contribution in [2.45, 2.75) is 31.3 Å². The molecule has 0 unspecified atom stereocenters. The van der Waals surface area contributed by atoms with Gasteiger partial charge in [-0.1, -0.05) is 18.2 Å². The van der Waals surface area contributed by atoms with Crippen LogP contribution in [-0.2, 0) is 24.7 Å². The number of amides is 4. The van der Waals surface area contributed by atoms with Crippen LogP contribution < -0.4 is 26.0 Å². The van der Waals surface area contributed by atoms with Gasteiger partial charge in [0.2, 0.25) is 23.6 Å². The highest BCUT2D eigenvalue weighted by Crippen LogP contribution is 2.54. The number of ether oxygens (including phenoxy) is 1. The molecule has 4 atom stereocenters. The Morgan fingerprint density at radius 2 is 1.94 bits per heavy atom. The van der Waals surface area contributed by atoms with Crippen molar-refractivity contribution in [1.29, 1.82) is 0 Å². The molecule has 0 aliphatic carbocycles. The number of hydrogen-bond acceptors (Lipinski definition) is 8. The van der Waals surface area contributed by atoms with Crippen molar-refractivity contribution in [1.82, 2.24) is 5.32 Å². The number of anilines is 2. The Bertz CT molecular complexity index is 1360. The predicted octanol–water partition coefficient (Wildman–Crippen LogP) is 1.10. The number of carbonyl (C=O) groups excluding carboxylic acids is 4. The van der Waals surface area contributed by atoms with Crippen LogP contribution in [-0.4, -0.2) is 41.7 Å². The number of carbonyl (C=O) groups is 4. The van der Waals surface area contributed by atoms with Crippen LogP contribution >= 0.6 is 0 Å². The average Bonchev–Trinajstić information content (AvgIpc) is 3.42. The molecule has 186 valence electrons. The van der Waals surface area contributed by atoms with Gasteiger partial charge in [-0.3, -0.25) is 34.6 Å². The van der Waals surface area contributed by atoms with Crippen molar-refractivity contribution >= 4 is 40.7 Å². The second kappa shape index (κ2) is 8.12. The topological polar surface area (TPSA) is 174 Å². The number of benzene rings is 2. The summed E-state index contributed by atoms with van der Waals surface area (Å²) >= 11 is 0. The van der Waals surface area contributed by atoms with Gasteiger partial charge in [-0.05, 0) is 25.0 Å². The molecule has 4 N–H and O–H groups in total. The van der Waals surface area contributed by atoms with Crippen LogP contribution in [0.25, 0.3) is 0 Å². The molecule has 3 aliphatic rings. The smallest absolute Gasteiger partial charge is 0.311 e. The Hall–Kier alpha value is -4.32. The number of hydrogen-bond donors (Lipinski definition) is 3. The van der Waals surface area contributed by atoms with E-state index < -0.39 is 52.0 Å². The molecular formula is C24H23N5O7. The first-order valence-electron chi connectivity index (χ1n) is 11.3. The first-order valence-corrected chi connectivity index (χ1v) is 11.3. The molecule has 0 saturated carbocycles. The van der Waals surface area contributed by atoms with E-state index in [2.05, 4.69) is 10.6 Å². The number of nitrogens with two attached hydrogens (primary N) is 1. The number of para-hydroxylation sites is 1. The van der Waals surface area contributed by atoms with Crippen molar-refractivity contribution in [2.75, 3.05) is 17.3 Å². The molecule has 5 rings (SSSR count). The Morgan fingerprint density at radius 1 is 1.22 bits per heavy atom. The third-order valence-corrected chi connectivity index (χ3v) is 7.26. The molecule has 0 bridgehead atoms. The van der Waals surface area contributed by atoms with E-state index in [0.717, 1.165) is 4.90 Å². The van der Waals surface area contributed by atoms with E-state index in [0.29, 0.717) is 16.8 Å². The zero-order valence-electron chi connectivity index (χ0n) is 19.4. The van der Waals surface area contributed by atoms with Crippen LogP contribution in [0.15, 0.2) is 36.4 Å². The number of methoxy groups -OCH3 is 1. The lowest BCUT2D eigenvalue weighted by molar-refractivity contribution is -0.385. The number of imide groups is 1. The van der Waals surface area contributed by atoms with Crippen LogP contribution in [0, 0.1) is 28.9 Å². The van der Waals surface area contributed by atoms with Crippen LogP contribution in [0.4, 0.5) is 17.1 Å². The van der Waals surface area contributed by atoms with Crippen molar-refractivity contribution in [3.63, 3.8) is 0 Å². The summed E-state index contributed by atoms with van der Waals surface area (Å²) in [5.41, 5.74) is 5.03. The van der Waals surface area contributed by atoms with Crippen LogP contribution in [0.1, 0.15) is 24.0 Å². The number of rotatable bonds is 6. The van der Waals surface area contributed by atoms with Gasteiger partial charge in [0.15, 0.2) is 5.75 Å². The minimum atomic E-state index is -1.52. The summed E-state index contributed by atoms with van der Waals surface area (Å²) in [5.74, 6) is -4.41. The highest BCUT2D eigenvalue weighted by atomic mass is 16.6. The minimum absolute atomic E-state index is 0.0495. The highest BCUT2D eigenvalue weighted by Gasteiger charge is 2.70. The highest BCUT2D eigenvalue weighted by molar-refractivity contribution is 6.26. The summed E-state index contributed by atoms with van der Waals surface area (Å²) in [4.78, 5) is 64.6. The first-order chi connectivity index (χ1) is 17.1. The number of aryl methyl sites for hydroxylation is 1. The van der Waals surface area contributed by atoms with E-state index in [1.54, 1.807) is 31.2 Å². The third-order valence-electron chi connectivity index (χ3n) is 7.26. The van der Waals surface area contributed by atoms with Crippen LogP contribution in [0.3, 0.4) is 0 Å². The summed E-state index contributed by atoms with van der Waals surface area (Å²) in [7, 11) is 1.25. The fraction of sp³-hybridized carbons (Fsp3) is 0.333. The van der Waals surface area contributed by atoms with E-state index >= 15 is 0 Å². The van der Waals surface area contributed by atoms with E-state index in [4.69, 9.17) is 10.5 Å². The molecule has 3 aliphatic heterocycles. The van der Waals surface area contributed by atoms with Gasteiger partial charge in [0.05, 0.1) is 29.6 Å². The maximum atomic E-state index is 14.0. The molecule has 1 spiro atoms. The van der Waals surface area contributed by atoms with Crippen molar-refractivity contribution in [2.24, 2.45) is 17.6 Å². The van der Waals surface area contributed by atoms with Gasteiger partial charge in [0.25, 0.3) is 0 Å². The molecule has 36 heavy (non-hydrogen) atoms. The first kappa shape index (κ1) is 23.4. The minimum Gasteiger partial charge on any atom is -0.490 e. The predicted molar refractivity (Wildman–Crippen MR) is 126 cm³/mol. The van der Waals surface area contributed by atoms with Gasteiger partial charge in [0.1, 0.15) is 5.54 Å². The summed E-state index contributed by atoms with van der Waals surface area (Å²) in [6, 6.07) is 8.73. The van der Waals surface area contributed by atoms with Crippen molar-refractivity contribution < 1.29 is 28.8 Å². The molecule has 12 nitrogen and oxygen atoms in total. The fourth-order valence-corrected chi connectivity index (χ4v) is 5.75. The Kier molecular flexibility index (Phi) is 5.29. The summed E-state index contributed by atoms with van der Waals surface area (Å²) in [6.45, 7) is 1.55. The number of primary amides is 1. The molecule has 0 aromatic heterocycles. The number of nitro benzene ring substituents is 1. The fourth-order valence-electron chi connectivity index (χ4n) is 5.75. The Morgan fingerprint density at radius 3 is 2.61 bits per heavy atom. The van der Waals surface area contributed by atoms with Crippen LogP contribution in [0.5, 0.6) is 5.75 Å². The Labute approximate surface area is 204 Å². The molecule has 3 heterocycles. The monoisotopic (exact) mass is 493 g/mol. The number of nitro groups is 1. The molecule has 2 aromatic rings. The number of nitrogens with zero attached hydrogens (tertiary/aromatic N) is 2. The quantitative estimate of drug-likeness (QED) is 0.305. The van der Waals surface area contributed by atoms with Gasteiger partial charge in [0, 0.05) is 35.8 Å². The largest absolute Gasteiger partial charge is 0.490 e. The van der Waals surface area contributed by atoms with Gasteiger partial charge >= 0.3 is 5.69 Å². The number of nitrogens with one attached hydrogen (secondary N) is 2. The van der Waals surface area contributed by atoms with Gasteiger partial charge in [-0.15, -0.1) is 0 Å². The Balaban J connectivity index is 1.66. The molecule has 0 radical (unpaired) electrons. The van der Waals surface area contributed by atoms with Gasteiger partial charge in [-0.25, -0.2) is 4.90 Å². The van der Waals surface area contributed by atoms with E-state index in [1.165, 1.54) is 19.2 Å². The number of fused-ring (bicyclic) bond motifs is 4. The molecular weight excluding hydrogens is 470 g/mol. The maximum Gasteiger partial charge on any atom is 0.311 e. The zero-order valence-corrected chi connectivity index (χ0v) is 19.4. The average molecular weight is 493 g/mol. The van der Waals surface area contributed by atoms with Crippen LogP contribution in [0.2, 0.25) is 0 Å². The lowest BCUT2D eigenvalue weighted by Gasteiger charge is -2.29. The second-order valence-corrected chi connectivity index (χ2v) is 9.15. The molecule has 2 aromatic carbocycles. The zero-order chi connectivity index (χ0) is 25.9. The third kappa shape index (κ3) is 3.10.